The largest absolute Gasteiger partial charge is 0.359 e. The maximum absolute atomic E-state index is 4.28. The van der Waals surface area contributed by atoms with Crippen molar-refractivity contribution in [3.63, 3.8) is 0 Å². The third-order valence-electron chi connectivity index (χ3n) is 2.80. The van der Waals surface area contributed by atoms with Crippen LogP contribution in [0.2, 0.25) is 0 Å². The lowest BCUT2D eigenvalue weighted by molar-refractivity contribution is 0.572. The molecule has 2 rings (SSSR count). The molecule has 1 heterocycles. The lowest BCUT2D eigenvalue weighted by Gasteiger charge is -2.19. The minimum absolute atomic E-state index is 0.353. The van der Waals surface area contributed by atoms with Gasteiger partial charge in [-0.05, 0) is 12.0 Å². The van der Waals surface area contributed by atoms with Crippen LogP contribution >= 0.6 is 0 Å². The topological polar surface area (TPSA) is 29.9 Å². The summed E-state index contributed by atoms with van der Waals surface area (Å²) < 4.78 is 2.18. The van der Waals surface area contributed by atoms with Crippen LogP contribution < -0.4 is 5.32 Å². The molecule has 3 heteroatoms. The predicted molar refractivity (Wildman–Crippen MR) is 66.6 cm³/mol. The summed E-state index contributed by atoms with van der Waals surface area (Å²) >= 11 is 0. The van der Waals surface area contributed by atoms with E-state index in [-0.39, 0.29) is 0 Å². The van der Waals surface area contributed by atoms with Gasteiger partial charge >= 0.3 is 0 Å². The van der Waals surface area contributed by atoms with Gasteiger partial charge in [-0.2, -0.15) is 0 Å². The SMILES string of the molecule is CCC(c1ccccc1)n1ccnc1NC. The first kappa shape index (κ1) is 10.7. The Hall–Kier alpha value is -1.77. The average molecular weight is 215 g/mol. The molecule has 0 saturated carbocycles. The molecule has 1 aromatic carbocycles. The van der Waals surface area contributed by atoms with Gasteiger partial charge in [0, 0.05) is 19.4 Å². The molecule has 1 unspecified atom stereocenters. The fourth-order valence-corrected chi connectivity index (χ4v) is 2.03. The van der Waals surface area contributed by atoms with Crippen molar-refractivity contribution in [2.45, 2.75) is 19.4 Å². The number of hydrogen-bond donors (Lipinski definition) is 1. The molecule has 0 radical (unpaired) electrons. The molecule has 3 nitrogen and oxygen atoms in total. The number of hydrogen-bond acceptors (Lipinski definition) is 2. The highest BCUT2D eigenvalue weighted by Crippen LogP contribution is 2.24. The summed E-state index contributed by atoms with van der Waals surface area (Å²) in [6, 6.07) is 10.9. The number of rotatable bonds is 4. The van der Waals surface area contributed by atoms with Gasteiger partial charge in [-0.25, -0.2) is 4.98 Å². The summed E-state index contributed by atoms with van der Waals surface area (Å²) in [5.41, 5.74) is 1.32. The van der Waals surface area contributed by atoms with Crippen molar-refractivity contribution >= 4 is 5.95 Å². The second-order valence-corrected chi connectivity index (χ2v) is 3.74. The molecule has 0 amide bonds. The van der Waals surface area contributed by atoms with E-state index in [4.69, 9.17) is 0 Å². The molecule has 0 fully saturated rings. The van der Waals surface area contributed by atoms with Crippen molar-refractivity contribution in [2.75, 3.05) is 12.4 Å². The van der Waals surface area contributed by atoms with E-state index in [2.05, 4.69) is 46.1 Å². The second-order valence-electron chi connectivity index (χ2n) is 3.74. The van der Waals surface area contributed by atoms with E-state index >= 15 is 0 Å². The first-order valence-corrected chi connectivity index (χ1v) is 5.62. The number of aromatic nitrogens is 2. The molecule has 0 aliphatic carbocycles. The Balaban J connectivity index is 2.37. The van der Waals surface area contributed by atoms with Crippen LogP contribution in [0.25, 0.3) is 0 Å². The summed E-state index contributed by atoms with van der Waals surface area (Å²) in [4.78, 5) is 4.28. The molecule has 0 spiro atoms. The van der Waals surface area contributed by atoms with Gasteiger partial charge < -0.3 is 9.88 Å². The van der Waals surface area contributed by atoms with Crippen LogP contribution in [0.5, 0.6) is 0 Å². The molecule has 84 valence electrons. The Morgan fingerprint density at radius 3 is 2.69 bits per heavy atom. The van der Waals surface area contributed by atoms with Crippen LogP contribution in [0.4, 0.5) is 5.95 Å². The van der Waals surface area contributed by atoms with E-state index in [1.54, 1.807) is 0 Å². The standard InChI is InChI=1S/C13H17N3/c1-3-12(11-7-5-4-6-8-11)16-10-9-15-13(16)14-2/h4-10,12H,3H2,1-2H3,(H,14,15). The summed E-state index contributed by atoms with van der Waals surface area (Å²) in [7, 11) is 1.90. The third kappa shape index (κ3) is 1.94. The first-order valence-electron chi connectivity index (χ1n) is 5.62. The summed E-state index contributed by atoms with van der Waals surface area (Å²) in [6.45, 7) is 2.19. The molecule has 1 N–H and O–H groups in total. The molecule has 2 aromatic rings. The fraction of sp³-hybridized carbons (Fsp3) is 0.308. The molecule has 0 bridgehead atoms. The highest BCUT2D eigenvalue weighted by Gasteiger charge is 2.13. The number of nitrogens with zero attached hydrogens (tertiary/aromatic N) is 2. The maximum Gasteiger partial charge on any atom is 0.203 e. The monoisotopic (exact) mass is 215 g/mol. The normalized spacial score (nSPS) is 12.4. The van der Waals surface area contributed by atoms with Crippen LogP contribution in [0.1, 0.15) is 24.9 Å². The zero-order valence-electron chi connectivity index (χ0n) is 9.72. The van der Waals surface area contributed by atoms with Crippen molar-refractivity contribution in [1.29, 1.82) is 0 Å². The van der Waals surface area contributed by atoms with Crippen molar-refractivity contribution < 1.29 is 0 Å². The Kier molecular flexibility index (Phi) is 3.25. The summed E-state index contributed by atoms with van der Waals surface area (Å²) in [6.07, 6.45) is 4.90. The van der Waals surface area contributed by atoms with E-state index in [1.807, 2.05) is 25.5 Å². The summed E-state index contributed by atoms with van der Waals surface area (Å²) in [5, 5.41) is 3.11. The molecule has 0 aliphatic heterocycles. The van der Waals surface area contributed by atoms with Crippen LogP contribution in [-0.4, -0.2) is 16.6 Å². The smallest absolute Gasteiger partial charge is 0.203 e. The van der Waals surface area contributed by atoms with Crippen LogP contribution in [0.3, 0.4) is 0 Å². The number of anilines is 1. The van der Waals surface area contributed by atoms with Gasteiger partial charge in [0.15, 0.2) is 0 Å². The van der Waals surface area contributed by atoms with E-state index in [0.29, 0.717) is 6.04 Å². The number of benzene rings is 1. The highest BCUT2D eigenvalue weighted by molar-refractivity contribution is 5.29. The first-order chi connectivity index (χ1) is 7.86. The van der Waals surface area contributed by atoms with Gasteiger partial charge in [-0.1, -0.05) is 37.3 Å². The van der Waals surface area contributed by atoms with Crippen LogP contribution in [-0.2, 0) is 0 Å². The van der Waals surface area contributed by atoms with Crippen LogP contribution in [0, 0.1) is 0 Å². The molecule has 1 atom stereocenters. The second kappa shape index (κ2) is 4.84. The van der Waals surface area contributed by atoms with Crippen LogP contribution in [0.15, 0.2) is 42.7 Å². The lowest BCUT2D eigenvalue weighted by Crippen LogP contribution is -2.11. The Bertz CT molecular complexity index is 433. The zero-order valence-corrected chi connectivity index (χ0v) is 9.72. The van der Waals surface area contributed by atoms with Gasteiger partial charge in [0.25, 0.3) is 0 Å². The molecule has 0 saturated heterocycles. The minimum atomic E-state index is 0.353. The molecule has 0 aliphatic rings. The summed E-state index contributed by atoms with van der Waals surface area (Å²) in [5.74, 6) is 0.913. The Morgan fingerprint density at radius 1 is 1.31 bits per heavy atom. The Labute approximate surface area is 96.1 Å². The van der Waals surface area contributed by atoms with E-state index in [9.17, 15) is 0 Å². The highest BCUT2D eigenvalue weighted by atomic mass is 15.2. The molecular weight excluding hydrogens is 198 g/mol. The van der Waals surface area contributed by atoms with E-state index < -0.39 is 0 Å². The minimum Gasteiger partial charge on any atom is -0.359 e. The van der Waals surface area contributed by atoms with Crippen molar-refractivity contribution in [3.8, 4) is 0 Å². The van der Waals surface area contributed by atoms with Gasteiger partial charge in [-0.15, -0.1) is 0 Å². The third-order valence-corrected chi connectivity index (χ3v) is 2.80. The molecule has 16 heavy (non-hydrogen) atoms. The van der Waals surface area contributed by atoms with E-state index in [0.717, 1.165) is 12.4 Å². The predicted octanol–water partition coefficient (Wildman–Crippen LogP) is 2.92. The van der Waals surface area contributed by atoms with Gasteiger partial charge in [-0.3, -0.25) is 0 Å². The van der Waals surface area contributed by atoms with Crippen molar-refractivity contribution in [2.24, 2.45) is 0 Å². The van der Waals surface area contributed by atoms with Gasteiger partial charge in [0.1, 0.15) is 0 Å². The fourth-order valence-electron chi connectivity index (χ4n) is 2.03. The quantitative estimate of drug-likeness (QED) is 0.849. The molecule has 1 aromatic heterocycles. The number of imidazole rings is 1. The van der Waals surface area contributed by atoms with Gasteiger partial charge in [0.05, 0.1) is 6.04 Å². The van der Waals surface area contributed by atoms with Crippen molar-refractivity contribution in [3.05, 3.63) is 48.3 Å². The van der Waals surface area contributed by atoms with Crippen molar-refractivity contribution in [1.82, 2.24) is 9.55 Å². The molecular formula is C13H17N3. The lowest BCUT2D eigenvalue weighted by atomic mass is 10.0. The van der Waals surface area contributed by atoms with E-state index in [1.165, 1.54) is 5.56 Å². The van der Waals surface area contributed by atoms with Gasteiger partial charge in [0.2, 0.25) is 5.95 Å². The average Bonchev–Trinajstić information content (AvgIpc) is 2.80. The number of nitrogens with one attached hydrogen (secondary N) is 1. The zero-order chi connectivity index (χ0) is 11.4. The Morgan fingerprint density at radius 2 is 2.06 bits per heavy atom. The maximum atomic E-state index is 4.28.